The van der Waals surface area contributed by atoms with Crippen LogP contribution in [0.2, 0.25) is 0 Å². The minimum absolute atomic E-state index is 0.0568. The van der Waals surface area contributed by atoms with Crippen LogP contribution in [0, 0.1) is 0 Å². The highest BCUT2D eigenvalue weighted by molar-refractivity contribution is 5.83. The average molecular weight is 467 g/mol. The van der Waals surface area contributed by atoms with E-state index in [1.807, 2.05) is 0 Å². The second kappa shape index (κ2) is 9.60. The highest BCUT2D eigenvalue weighted by Gasteiger charge is 2.46. The molecule has 1 aliphatic heterocycles. The Morgan fingerprint density at radius 2 is 1.52 bits per heavy atom. The molecule has 0 radical (unpaired) electrons. The van der Waals surface area contributed by atoms with E-state index < -0.39 is 18.1 Å². The number of amides is 1. The van der Waals surface area contributed by atoms with Crippen molar-refractivity contribution in [1.82, 2.24) is 4.90 Å². The molecular weight excluding hydrogens is 443 g/mol. The minimum Gasteiger partial charge on any atom is -0.493 e. The third-order valence-electron chi connectivity index (χ3n) is 5.69. The molecular formula is C23H24F3NO6. The number of rotatable bonds is 7. The van der Waals surface area contributed by atoms with Crippen molar-refractivity contribution in [2.45, 2.75) is 25.1 Å². The van der Waals surface area contributed by atoms with E-state index in [-0.39, 0.29) is 24.9 Å². The normalized spacial score (nSPS) is 15.5. The van der Waals surface area contributed by atoms with Crippen molar-refractivity contribution < 1.29 is 41.7 Å². The number of carbonyl (C=O) groups is 2. The standard InChI is InChI=1S/C23H24F3NO6/c1-30-18-8-13-5-6-27(22(29)23(24,25)26)17(16(13)11-21(18)33-4)7-14-9-19(31-2)20(32-3)10-15(14)12-28/h8-12,17H,5-7H2,1-4H3. The van der Waals surface area contributed by atoms with Crippen molar-refractivity contribution in [2.24, 2.45) is 0 Å². The topological polar surface area (TPSA) is 74.3 Å². The minimum atomic E-state index is -5.04. The molecule has 3 rings (SSSR count). The van der Waals surface area contributed by atoms with E-state index in [2.05, 4.69) is 0 Å². The van der Waals surface area contributed by atoms with Gasteiger partial charge in [0.2, 0.25) is 0 Å². The molecule has 0 bridgehead atoms. The smallest absolute Gasteiger partial charge is 0.471 e. The van der Waals surface area contributed by atoms with Crippen molar-refractivity contribution in [3.63, 3.8) is 0 Å². The van der Waals surface area contributed by atoms with Gasteiger partial charge < -0.3 is 23.8 Å². The van der Waals surface area contributed by atoms with Crippen molar-refractivity contribution >= 4 is 12.2 Å². The van der Waals surface area contributed by atoms with Gasteiger partial charge in [-0.05, 0) is 53.8 Å². The number of aldehydes is 1. The number of benzene rings is 2. The van der Waals surface area contributed by atoms with Crippen LogP contribution in [0.5, 0.6) is 23.0 Å². The summed E-state index contributed by atoms with van der Waals surface area (Å²) in [7, 11) is 5.70. The summed E-state index contributed by atoms with van der Waals surface area (Å²) in [5.41, 5.74) is 1.86. The van der Waals surface area contributed by atoms with Gasteiger partial charge in [0.05, 0.1) is 34.5 Å². The van der Waals surface area contributed by atoms with Gasteiger partial charge >= 0.3 is 12.1 Å². The van der Waals surface area contributed by atoms with E-state index >= 15 is 0 Å². The quantitative estimate of drug-likeness (QED) is 0.578. The summed E-state index contributed by atoms with van der Waals surface area (Å²) in [6, 6.07) is 5.27. The average Bonchev–Trinajstić information content (AvgIpc) is 2.81. The lowest BCUT2D eigenvalue weighted by Gasteiger charge is -2.38. The zero-order valence-corrected chi connectivity index (χ0v) is 18.6. The molecule has 0 N–H and O–H groups in total. The van der Waals surface area contributed by atoms with Gasteiger partial charge in [0.25, 0.3) is 0 Å². The number of methoxy groups -OCH3 is 4. The Morgan fingerprint density at radius 1 is 0.970 bits per heavy atom. The Bertz CT molecular complexity index is 1050. The molecule has 0 spiro atoms. The van der Waals surface area contributed by atoms with E-state index in [1.165, 1.54) is 40.6 Å². The van der Waals surface area contributed by atoms with Crippen LogP contribution in [0.25, 0.3) is 0 Å². The number of carbonyl (C=O) groups excluding carboxylic acids is 2. The summed E-state index contributed by atoms with van der Waals surface area (Å²) in [6.45, 7) is -0.144. The van der Waals surface area contributed by atoms with Gasteiger partial charge in [0.1, 0.15) is 6.29 Å². The second-order valence-electron chi connectivity index (χ2n) is 7.40. The van der Waals surface area contributed by atoms with E-state index in [1.54, 1.807) is 12.1 Å². The monoisotopic (exact) mass is 467 g/mol. The maximum absolute atomic E-state index is 13.4. The van der Waals surface area contributed by atoms with Crippen molar-refractivity contribution in [2.75, 3.05) is 35.0 Å². The van der Waals surface area contributed by atoms with Crippen molar-refractivity contribution in [3.8, 4) is 23.0 Å². The molecule has 0 saturated carbocycles. The van der Waals surface area contributed by atoms with Crippen LogP contribution >= 0.6 is 0 Å². The summed E-state index contributed by atoms with van der Waals surface area (Å²) in [5, 5.41) is 0. The van der Waals surface area contributed by atoms with Gasteiger partial charge in [0, 0.05) is 12.1 Å². The fraction of sp³-hybridized carbons (Fsp3) is 0.391. The SMILES string of the molecule is COc1cc(C=O)c(CC2c3cc(OC)c(OC)cc3CCN2C(=O)C(F)(F)F)cc1OC. The predicted octanol–water partition coefficient (Wildman–Crippen LogP) is 3.76. The van der Waals surface area contributed by atoms with Crippen LogP contribution < -0.4 is 18.9 Å². The van der Waals surface area contributed by atoms with Gasteiger partial charge in [0.15, 0.2) is 23.0 Å². The fourth-order valence-electron chi connectivity index (χ4n) is 4.09. The van der Waals surface area contributed by atoms with E-state index in [4.69, 9.17) is 18.9 Å². The highest BCUT2D eigenvalue weighted by atomic mass is 19.4. The molecule has 1 amide bonds. The Balaban J connectivity index is 2.17. The predicted molar refractivity (Wildman–Crippen MR) is 112 cm³/mol. The van der Waals surface area contributed by atoms with Crippen LogP contribution in [0.4, 0.5) is 13.2 Å². The molecule has 0 saturated heterocycles. The first-order valence-electron chi connectivity index (χ1n) is 10.0. The zero-order chi connectivity index (χ0) is 24.3. The summed E-state index contributed by atoms with van der Waals surface area (Å²) in [4.78, 5) is 24.9. The Labute approximate surface area is 189 Å². The van der Waals surface area contributed by atoms with E-state index in [0.717, 1.165) is 10.5 Å². The van der Waals surface area contributed by atoms with Gasteiger partial charge in [-0.25, -0.2) is 0 Å². The molecule has 1 heterocycles. The molecule has 2 aromatic rings. The summed E-state index contributed by atoms with van der Waals surface area (Å²) >= 11 is 0. The number of hydrogen-bond acceptors (Lipinski definition) is 6. The van der Waals surface area contributed by atoms with Gasteiger partial charge in [-0.2, -0.15) is 13.2 Å². The summed E-state index contributed by atoms with van der Waals surface area (Å²) in [5.74, 6) is -0.561. The van der Waals surface area contributed by atoms with E-state index in [9.17, 15) is 22.8 Å². The van der Waals surface area contributed by atoms with Gasteiger partial charge in [-0.15, -0.1) is 0 Å². The summed E-state index contributed by atoms with van der Waals surface area (Å²) in [6.07, 6.45) is -4.30. The van der Waals surface area contributed by atoms with Gasteiger partial charge in [-0.1, -0.05) is 0 Å². The third kappa shape index (κ3) is 4.69. The molecule has 7 nitrogen and oxygen atoms in total. The summed E-state index contributed by atoms with van der Waals surface area (Å²) < 4.78 is 61.4. The molecule has 0 aromatic heterocycles. The third-order valence-corrected chi connectivity index (χ3v) is 5.69. The van der Waals surface area contributed by atoms with Crippen LogP contribution in [-0.2, 0) is 17.6 Å². The van der Waals surface area contributed by atoms with Crippen LogP contribution in [0.3, 0.4) is 0 Å². The molecule has 1 atom stereocenters. The first-order chi connectivity index (χ1) is 15.7. The number of ether oxygens (including phenoxy) is 4. The molecule has 1 aliphatic rings. The number of hydrogen-bond donors (Lipinski definition) is 0. The Morgan fingerprint density at radius 3 is 2.06 bits per heavy atom. The maximum atomic E-state index is 13.4. The molecule has 178 valence electrons. The molecule has 0 aliphatic carbocycles. The number of alkyl halides is 3. The van der Waals surface area contributed by atoms with Crippen LogP contribution in [0.1, 0.15) is 33.1 Å². The molecule has 33 heavy (non-hydrogen) atoms. The van der Waals surface area contributed by atoms with Crippen LogP contribution in [-0.4, -0.2) is 58.3 Å². The number of halogens is 3. The first-order valence-corrected chi connectivity index (χ1v) is 10.0. The zero-order valence-electron chi connectivity index (χ0n) is 18.6. The molecule has 0 fully saturated rings. The number of fused-ring (bicyclic) bond motifs is 1. The second-order valence-corrected chi connectivity index (χ2v) is 7.40. The van der Waals surface area contributed by atoms with E-state index in [0.29, 0.717) is 40.4 Å². The lowest BCUT2D eigenvalue weighted by atomic mass is 9.87. The lowest BCUT2D eigenvalue weighted by molar-refractivity contribution is -0.188. The van der Waals surface area contributed by atoms with Gasteiger partial charge in [-0.3, -0.25) is 9.59 Å². The molecule has 10 heteroatoms. The Hall–Kier alpha value is -3.43. The molecule has 1 unspecified atom stereocenters. The molecule has 2 aromatic carbocycles. The number of nitrogens with zero attached hydrogens (tertiary/aromatic N) is 1. The Kier molecular flexibility index (Phi) is 7.04. The largest absolute Gasteiger partial charge is 0.493 e. The highest BCUT2D eigenvalue weighted by Crippen LogP contribution is 2.42. The van der Waals surface area contributed by atoms with Crippen molar-refractivity contribution in [3.05, 3.63) is 46.5 Å². The maximum Gasteiger partial charge on any atom is 0.471 e. The first kappa shape index (κ1) is 24.2. The van der Waals surface area contributed by atoms with Crippen LogP contribution in [0.15, 0.2) is 24.3 Å². The lowest BCUT2D eigenvalue weighted by Crippen LogP contribution is -2.47. The fourth-order valence-corrected chi connectivity index (χ4v) is 4.09. The van der Waals surface area contributed by atoms with Crippen molar-refractivity contribution in [1.29, 1.82) is 0 Å².